The van der Waals surface area contributed by atoms with Gasteiger partial charge in [0.1, 0.15) is 0 Å². The van der Waals surface area contributed by atoms with Crippen molar-refractivity contribution in [3.8, 4) is 0 Å². The molecule has 32 heavy (non-hydrogen) atoms. The van der Waals surface area contributed by atoms with Gasteiger partial charge in [0, 0.05) is 11.1 Å². The number of carboxylic acids is 2. The van der Waals surface area contributed by atoms with Crippen molar-refractivity contribution in [2.24, 2.45) is 0 Å². The smallest absolute Gasteiger partial charge is 0.330 e. The van der Waals surface area contributed by atoms with Crippen LogP contribution in [-0.2, 0) is 9.59 Å². The van der Waals surface area contributed by atoms with Crippen molar-refractivity contribution < 1.29 is 19.8 Å². The highest BCUT2D eigenvalue weighted by Gasteiger charge is 1.95. The van der Waals surface area contributed by atoms with Gasteiger partial charge in [-0.1, -0.05) is 104 Å². The van der Waals surface area contributed by atoms with E-state index in [0.29, 0.717) is 0 Å². The summed E-state index contributed by atoms with van der Waals surface area (Å²) in [5.74, 6) is -1.87. The van der Waals surface area contributed by atoms with Crippen LogP contribution < -0.4 is 0 Å². The Morgan fingerprint density at radius 3 is 1.03 bits per heavy atom. The average molecular weight is 478 g/mol. The molecule has 0 spiro atoms. The van der Waals surface area contributed by atoms with Crippen molar-refractivity contribution in [1.29, 1.82) is 0 Å². The third-order valence-electron chi connectivity index (χ3n) is 4.69. The number of carbonyl (C=O) groups is 2. The molecule has 0 radical (unpaired) electrons. The normalized spacial score (nSPS) is 9.56. The van der Waals surface area contributed by atoms with Gasteiger partial charge in [-0.3, -0.25) is 0 Å². The third kappa shape index (κ3) is 42.7. The summed E-state index contributed by atoms with van der Waals surface area (Å²) in [4.78, 5) is 21.5. The molecule has 0 unspecified atom stereocenters. The molecule has 0 amide bonds. The van der Waals surface area contributed by atoms with Crippen LogP contribution in [0.15, 0.2) is 24.3 Å². The monoisotopic (exact) mass is 477 g/mol. The molecule has 0 aliphatic rings. The average Bonchev–Trinajstić information content (AvgIpc) is 2.68. The summed E-state index contributed by atoms with van der Waals surface area (Å²) in [7, 11) is 4.34. The van der Waals surface area contributed by atoms with E-state index in [9.17, 15) is 9.59 Å². The van der Waals surface area contributed by atoms with Crippen LogP contribution in [0.5, 0.6) is 0 Å². The first-order chi connectivity index (χ1) is 14.6. The van der Waals surface area contributed by atoms with Gasteiger partial charge in [0.15, 0.2) is 0 Å². The first-order valence-electron chi connectivity index (χ1n) is 12.0. The fourth-order valence-electron chi connectivity index (χ4n) is 2.62. The second-order valence-electron chi connectivity index (χ2n) is 8.57. The molecule has 0 fully saturated rings. The molecule has 0 aromatic rings. The van der Waals surface area contributed by atoms with E-state index < -0.39 is 11.9 Å². The summed E-state index contributed by atoms with van der Waals surface area (Å²) in [5, 5.41) is 15.8. The Kier molecular flexibility index (Phi) is 35.2. The quantitative estimate of drug-likeness (QED) is 0.165. The molecular weight excluding hydrogens is 426 g/mol. The van der Waals surface area contributed by atoms with E-state index in [0.717, 1.165) is 0 Å². The maximum Gasteiger partial charge on any atom is 0.330 e. The molecule has 0 aliphatic heterocycles. The highest BCUT2D eigenvalue weighted by molar-refractivity contribution is 5.85. The van der Waals surface area contributed by atoms with Crippen LogP contribution in [0.25, 0.3) is 0 Å². The van der Waals surface area contributed by atoms with Crippen molar-refractivity contribution >= 4 is 24.3 Å². The van der Waals surface area contributed by atoms with Crippen molar-refractivity contribution in [2.45, 2.75) is 111 Å². The number of hydrogen-bond donors (Lipinski definition) is 2. The van der Waals surface area contributed by atoms with E-state index in [1.54, 1.807) is 0 Å². The van der Waals surface area contributed by atoms with E-state index in [4.69, 9.17) is 10.2 Å². The molecule has 0 bridgehead atoms. The molecule has 0 saturated carbocycles. The number of nitrogens with zero attached hydrogens (tertiary/aromatic N) is 1. The maximum atomic E-state index is 9.60. The molecule has 6 heteroatoms. The summed E-state index contributed by atoms with van der Waals surface area (Å²) in [5.41, 5.74) is 0.352. The Morgan fingerprint density at radius 1 is 0.625 bits per heavy atom. The van der Waals surface area contributed by atoms with Gasteiger partial charge in [-0.25, -0.2) is 9.59 Å². The van der Waals surface area contributed by atoms with Gasteiger partial charge in [0.25, 0.3) is 0 Å². The minimum absolute atomic E-state index is 0. The molecule has 0 rings (SSSR count). The highest BCUT2D eigenvalue weighted by atomic mass is 35.5. The lowest BCUT2D eigenvalue weighted by Gasteiger charge is -2.08. The zero-order chi connectivity index (χ0) is 24.5. The largest absolute Gasteiger partial charge is 0.478 e. The van der Waals surface area contributed by atoms with E-state index in [1.807, 2.05) is 0 Å². The SMILES string of the molecule is C=C(C)C(=O)O.C=C(C)C(=O)O.CCCCCCCCCCCCCCCCN(C)C.Cl. The number of halogens is 1. The molecule has 0 aliphatic carbocycles. The van der Waals surface area contributed by atoms with Gasteiger partial charge < -0.3 is 15.1 Å². The maximum absolute atomic E-state index is 9.60. The fourth-order valence-corrected chi connectivity index (χ4v) is 2.62. The zero-order valence-corrected chi connectivity index (χ0v) is 22.4. The fraction of sp³-hybridized carbons (Fsp3) is 0.769. The number of aliphatic carboxylic acids is 2. The third-order valence-corrected chi connectivity index (χ3v) is 4.69. The van der Waals surface area contributed by atoms with Crippen molar-refractivity contribution in [3.63, 3.8) is 0 Å². The summed E-state index contributed by atoms with van der Waals surface area (Å²) in [6.45, 7) is 12.8. The van der Waals surface area contributed by atoms with Crippen LogP contribution in [-0.4, -0.2) is 47.7 Å². The minimum atomic E-state index is -0.935. The van der Waals surface area contributed by atoms with Gasteiger partial charge in [0.05, 0.1) is 0 Å². The predicted molar refractivity (Wildman–Crippen MR) is 141 cm³/mol. The van der Waals surface area contributed by atoms with Gasteiger partial charge in [-0.2, -0.15) is 0 Å². The van der Waals surface area contributed by atoms with E-state index in [2.05, 4.69) is 39.1 Å². The van der Waals surface area contributed by atoms with Gasteiger partial charge in [-0.15, -0.1) is 12.4 Å². The van der Waals surface area contributed by atoms with Crippen LogP contribution in [0.2, 0.25) is 0 Å². The molecule has 0 aromatic carbocycles. The summed E-state index contributed by atoms with van der Waals surface area (Å²) in [6, 6.07) is 0. The van der Waals surface area contributed by atoms with E-state index in [-0.39, 0.29) is 23.6 Å². The number of rotatable bonds is 17. The number of carboxylic acid groups (broad SMARTS) is 2. The molecule has 0 saturated heterocycles. The number of hydrogen-bond acceptors (Lipinski definition) is 3. The molecule has 2 N–H and O–H groups in total. The summed E-state index contributed by atoms with van der Waals surface area (Å²) in [6.07, 6.45) is 20.3. The second kappa shape index (κ2) is 29.7. The van der Waals surface area contributed by atoms with Gasteiger partial charge in [0.2, 0.25) is 0 Å². The highest BCUT2D eigenvalue weighted by Crippen LogP contribution is 2.12. The standard InChI is InChI=1S/C18H39N.2C4H6O2.ClH/c1-4-5-6-7-8-9-10-11-12-13-14-15-16-17-18-19(2)3;2*1-3(2)4(5)6;/h4-18H2,1-3H3;2*1H2,2H3,(H,5,6);1H. The van der Waals surface area contributed by atoms with Crippen LogP contribution >= 0.6 is 12.4 Å². The Hall–Kier alpha value is -1.33. The topological polar surface area (TPSA) is 77.8 Å². The zero-order valence-electron chi connectivity index (χ0n) is 21.6. The van der Waals surface area contributed by atoms with Crippen LogP contribution in [0, 0.1) is 0 Å². The van der Waals surface area contributed by atoms with Gasteiger partial charge >= 0.3 is 11.9 Å². The van der Waals surface area contributed by atoms with Crippen LogP contribution in [0.3, 0.4) is 0 Å². The Morgan fingerprint density at radius 2 is 0.844 bits per heavy atom. The van der Waals surface area contributed by atoms with Crippen LogP contribution in [0.4, 0.5) is 0 Å². The predicted octanol–water partition coefficient (Wildman–Crippen LogP) is 7.75. The molecule has 0 aromatic heterocycles. The lowest BCUT2D eigenvalue weighted by atomic mass is 10.0. The molecular formula is C26H52ClNO4. The summed E-state index contributed by atoms with van der Waals surface area (Å²) >= 11 is 0. The van der Waals surface area contributed by atoms with Crippen LogP contribution in [0.1, 0.15) is 111 Å². The molecule has 192 valence electrons. The number of unbranched alkanes of at least 4 members (excludes halogenated alkanes) is 13. The van der Waals surface area contributed by atoms with Gasteiger partial charge in [-0.05, 0) is 40.9 Å². The first-order valence-corrected chi connectivity index (χ1v) is 12.0. The van der Waals surface area contributed by atoms with E-state index >= 15 is 0 Å². The first kappa shape index (κ1) is 38.0. The Balaban J connectivity index is -0.000000248. The van der Waals surface area contributed by atoms with Crippen molar-refractivity contribution in [1.82, 2.24) is 4.90 Å². The summed E-state index contributed by atoms with van der Waals surface area (Å²) < 4.78 is 0. The minimum Gasteiger partial charge on any atom is -0.478 e. The molecule has 0 atom stereocenters. The lowest BCUT2D eigenvalue weighted by molar-refractivity contribution is -0.133. The Labute approximate surface area is 204 Å². The van der Waals surface area contributed by atoms with Crippen molar-refractivity contribution in [2.75, 3.05) is 20.6 Å². The van der Waals surface area contributed by atoms with E-state index in [1.165, 1.54) is 110 Å². The van der Waals surface area contributed by atoms with Crippen molar-refractivity contribution in [3.05, 3.63) is 24.3 Å². The lowest BCUT2D eigenvalue weighted by Crippen LogP contribution is -2.12. The second-order valence-corrected chi connectivity index (χ2v) is 8.57. The Bertz CT molecular complexity index is 417. The molecule has 5 nitrogen and oxygen atoms in total. The molecule has 0 heterocycles.